The van der Waals surface area contributed by atoms with Crippen LogP contribution in [0.1, 0.15) is 50.6 Å². The molecule has 0 amide bonds. The Morgan fingerprint density at radius 1 is 1.32 bits per heavy atom. The lowest BCUT2D eigenvalue weighted by molar-refractivity contribution is 0.109. The first-order valence-corrected chi connectivity index (χ1v) is 11.3. The number of aromatic amines is 1. The summed E-state index contributed by atoms with van der Waals surface area (Å²) >= 11 is 0. The lowest BCUT2D eigenvalue weighted by Crippen LogP contribution is -2.59. The van der Waals surface area contributed by atoms with Gasteiger partial charge in [-0.3, -0.25) is 19.2 Å². The molecular formula is C23H28FN5O2. The van der Waals surface area contributed by atoms with Crippen LogP contribution in [0.5, 0.6) is 0 Å². The first-order chi connectivity index (χ1) is 14.9. The molecule has 1 saturated heterocycles. The fourth-order valence-corrected chi connectivity index (χ4v) is 5.63. The molecule has 8 heteroatoms. The van der Waals surface area contributed by atoms with Crippen LogP contribution < -0.4 is 16.1 Å². The van der Waals surface area contributed by atoms with Gasteiger partial charge in [0.15, 0.2) is 0 Å². The van der Waals surface area contributed by atoms with Gasteiger partial charge in [-0.1, -0.05) is 6.92 Å². The summed E-state index contributed by atoms with van der Waals surface area (Å²) in [5.41, 5.74) is 0.956. The average molecular weight is 426 g/mol. The molecule has 31 heavy (non-hydrogen) atoms. The zero-order chi connectivity index (χ0) is 21.9. The predicted molar refractivity (Wildman–Crippen MR) is 117 cm³/mol. The highest BCUT2D eigenvalue weighted by Crippen LogP contribution is 2.52. The van der Waals surface area contributed by atoms with Gasteiger partial charge >= 0.3 is 5.69 Å². The molecule has 1 aromatic carbocycles. The molecule has 1 N–H and O–H groups in total. The van der Waals surface area contributed by atoms with Crippen LogP contribution in [0.25, 0.3) is 10.9 Å². The number of rotatable bonds is 7. The van der Waals surface area contributed by atoms with Crippen molar-refractivity contribution in [1.29, 1.82) is 5.26 Å². The summed E-state index contributed by atoms with van der Waals surface area (Å²) < 4.78 is 16.8. The highest BCUT2D eigenvalue weighted by molar-refractivity contribution is 5.87. The van der Waals surface area contributed by atoms with Crippen molar-refractivity contribution in [3.8, 4) is 6.07 Å². The van der Waals surface area contributed by atoms with Crippen molar-refractivity contribution in [2.24, 2.45) is 5.92 Å². The number of fused-ring (bicyclic) bond motifs is 1. The van der Waals surface area contributed by atoms with E-state index in [1.54, 1.807) is 4.57 Å². The minimum Gasteiger partial charge on any atom is -0.368 e. The fraction of sp³-hybridized carbons (Fsp3) is 0.609. The maximum absolute atomic E-state index is 15.2. The molecule has 1 aliphatic heterocycles. The zero-order valence-electron chi connectivity index (χ0n) is 18.1. The second-order valence-electron chi connectivity index (χ2n) is 9.28. The molecule has 0 spiro atoms. The van der Waals surface area contributed by atoms with E-state index in [1.807, 2.05) is 6.92 Å². The van der Waals surface area contributed by atoms with E-state index in [2.05, 4.69) is 27.8 Å². The molecule has 2 aromatic rings. The Labute approximate surface area is 180 Å². The van der Waals surface area contributed by atoms with Crippen LogP contribution in [0.4, 0.5) is 10.1 Å². The zero-order valence-corrected chi connectivity index (χ0v) is 18.1. The number of anilines is 1. The van der Waals surface area contributed by atoms with Gasteiger partial charge in [0.2, 0.25) is 0 Å². The maximum Gasteiger partial charge on any atom is 0.329 e. The van der Waals surface area contributed by atoms with Gasteiger partial charge in [-0.25, -0.2) is 9.18 Å². The second-order valence-corrected chi connectivity index (χ2v) is 9.28. The second kappa shape index (κ2) is 7.20. The monoisotopic (exact) mass is 425 g/mol. The van der Waals surface area contributed by atoms with Gasteiger partial charge in [0.25, 0.3) is 5.56 Å². The Morgan fingerprint density at radius 3 is 2.61 bits per heavy atom. The van der Waals surface area contributed by atoms with Crippen LogP contribution >= 0.6 is 0 Å². The summed E-state index contributed by atoms with van der Waals surface area (Å²) in [6, 6.07) is 3.62. The standard InChI is InChI=1S/C23H28FN5O2/c1-3-28(10-4-9-25)23(7-8-23)15-12-27(13-15)20-14(2)19-17(11-18(20)24)21(30)26-22(31)29(19)16-5-6-16/h11,15-16H,3-8,10,12-13H2,1-2H3,(H,26,30,31). The highest BCUT2D eigenvalue weighted by Gasteiger charge is 2.56. The van der Waals surface area contributed by atoms with Crippen LogP contribution in [0.3, 0.4) is 0 Å². The summed E-state index contributed by atoms with van der Waals surface area (Å²) in [6.07, 6.45) is 4.58. The number of aryl methyl sites for hydroxylation is 1. The quantitative estimate of drug-likeness (QED) is 0.737. The van der Waals surface area contributed by atoms with E-state index < -0.39 is 17.1 Å². The number of hydrogen-bond donors (Lipinski definition) is 1. The Hall–Kier alpha value is -2.66. The number of H-pyrrole nitrogens is 1. The van der Waals surface area contributed by atoms with Crippen molar-refractivity contribution >= 4 is 16.6 Å². The molecule has 2 aliphatic carbocycles. The highest BCUT2D eigenvalue weighted by atomic mass is 19.1. The molecule has 1 aromatic heterocycles. The predicted octanol–water partition coefficient (Wildman–Crippen LogP) is 2.68. The van der Waals surface area contributed by atoms with Crippen LogP contribution in [-0.2, 0) is 0 Å². The molecule has 5 rings (SSSR count). The normalized spacial score (nSPS) is 20.2. The van der Waals surface area contributed by atoms with Crippen LogP contribution in [0, 0.1) is 30.0 Å². The topological polar surface area (TPSA) is 85.1 Å². The van der Waals surface area contributed by atoms with Gasteiger partial charge < -0.3 is 4.90 Å². The summed E-state index contributed by atoms with van der Waals surface area (Å²) in [5, 5.41) is 9.22. The van der Waals surface area contributed by atoms with Gasteiger partial charge in [0, 0.05) is 49.1 Å². The van der Waals surface area contributed by atoms with Crippen molar-refractivity contribution in [3.05, 3.63) is 38.3 Å². The van der Waals surface area contributed by atoms with Crippen molar-refractivity contribution in [2.45, 2.75) is 57.5 Å². The van der Waals surface area contributed by atoms with E-state index in [4.69, 9.17) is 5.26 Å². The molecule has 0 radical (unpaired) electrons. The molecular weight excluding hydrogens is 397 g/mol. The van der Waals surface area contributed by atoms with E-state index >= 15 is 4.39 Å². The number of aromatic nitrogens is 2. The van der Waals surface area contributed by atoms with Gasteiger partial charge in [-0.05, 0) is 45.2 Å². The molecule has 0 unspecified atom stereocenters. The molecule has 2 heterocycles. The number of hydrogen-bond acceptors (Lipinski definition) is 5. The van der Waals surface area contributed by atoms with Crippen LogP contribution in [0.15, 0.2) is 15.7 Å². The molecule has 0 atom stereocenters. The van der Waals surface area contributed by atoms with E-state index in [0.717, 1.165) is 51.9 Å². The smallest absolute Gasteiger partial charge is 0.329 e. The number of halogens is 1. The summed E-state index contributed by atoms with van der Waals surface area (Å²) in [7, 11) is 0. The van der Waals surface area contributed by atoms with E-state index in [1.165, 1.54) is 6.07 Å². The molecule has 164 valence electrons. The Kier molecular flexibility index (Phi) is 4.70. The van der Waals surface area contributed by atoms with E-state index in [9.17, 15) is 9.59 Å². The van der Waals surface area contributed by atoms with Crippen molar-refractivity contribution in [2.75, 3.05) is 31.1 Å². The van der Waals surface area contributed by atoms with Crippen molar-refractivity contribution < 1.29 is 4.39 Å². The van der Waals surface area contributed by atoms with Gasteiger partial charge in [0.05, 0.1) is 22.7 Å². The van der Waals surface area contributed by atoms with Crippen molar-refractivity contribution in [1.82, 2.24) is 14.5 Å². The number of nitrogens with zero attached hydrogens (tertiary/aromatic N) is 4. The average Bonchev–Trinajstić information content (AvgIpc) is 3.60. The number of benzene rings is 1. The SMILES string of the molecule is CCN(CCC#N)C1(C2CN(c3c(F)cc4c(=O)[nH]c(=O)n(C5CC5)c4c3C)C2)CC1. The fourth-order valence-electron chi connectivity index (χ4n) is 5.63. The minimum atomic E-state index is -0.528. The lowest BCUT2D eigenvalue weighted by atomic mass is 9.86. The van der Waals surface area contributed by atoms with E-state index in [-0.39, 0.29) is 17.0 Å². The molecule has 3 aliphatic rings. The minimum absolute atomic E-state index is 0.0842. The lowest BCUT2D eigenvalue weighted by Gasteiger charge is -2.49. The molecule has 2 saturated carbocycles. The van der Waals surface area contributed by atoms with Crippen molar-refractivity contribution in [3.63, 3.8) is 0 Å². The number of nitriles is 1. The Bertz CT molecular complexity index is 1200. The summed E-state index contributed by atoms with van der Waals surface area (Å²) in [6.45, 7) is 7.16. The third-order valence-corrected chi connectivity index (χ3v) is 7.52. The summed E-state index contributed by atoms with van der Waals surface area (Å²) in [4.78, 5) is 31.7. The van der Waals surface area contributed by atoms with Gasteiger partial charge in [-0.2, -0.15) is 5.26 Å². The van der Waals surface area contributed by atoms with Gasteiger partial charge in [-0.15, -0.1) is 0 Å². The third-order valence-electron chi connectivity index (χ3n) is 7.52. The van der Waals surface area contributed by atoms with Crippen LogP contribution in [0.2, 0.25) is 0 Å². The largest absolute Gasteiger partial charge is 0.368 e. The van der Waals surface area contributed by atoms with Crippen LogP contribution in [-0.4, -0.2) is 46.2 Å². The first kappa shape index (κ1) is 20.3. The summed E-state index contributed by atoms with van der Waals surface area (Å²) in [5.74, 6) is 0.0297. The third kappa shape index (κ3) is 3.09. The van der Waals surface area contributed by atoms with Gasteiger partial charge in [0.1, 0.15) is 5.82 Å². The Balaban J connectivity index is 1.48. The Morgan fingerprint density at radius 2 is 2.03 bits per heavy atom. The number of nitrogens with one attached hydrogen (secondary N) is 1. The first-order valence-electron chi connectivity index (χ1n) is 11.3. The molecule has 7 nitrogen and oxygen atoms in total. The van der Waals surface area contributed by atoms with E-state index in [0.29, 0.717) is 29.1 Å². The molecule has 3 fully saturated rings. The molecule has 0 bridgehead atoms. The maximum atomic E-state index is 15.2.